The highest BCUT2D eigenvalue weighted by Crippen LogP contribution is 2.18. The quantitative estimate of drug-likeness (QED) is 0.605. The van der Waals surface area contributed by atoms with E-state index in [0.29, 0.717) is 17.3 Å². The van der Waals surface area contributed by atoms with Crippen molar-refractivity contribution in [3.05, 3.63) is 70.2 Å². The first-order chi connectivity index (χ1) is 14.0. The summed E-state index contributed by atoms with van der Waals surface area (Å²) in [6.07, 6.45) is 0. The average molecular weight is 447 g/mol. The van der Waals surface area contributed by atoms with Gasteiger partial charge in [-0.25, -0.2) is 0 Å². The molecule has 1 unspecified atom stereocenters. The van der Waals surface area contributed by atoms with Crippen molar-refractivity contribution in [3.63, 3.8) is 0 Å². The first-order valence-electron chi connectivity index (χ1n) is 10.0. The molecule has 6 heteroatoms. The molecule has 162 valence electrons. The summed E-state index contributed by atoms with van der Waals surface area (Å²) in [5, 5.41) is 3.58. The van der Waals surface area contributed by atoms with E-state index < -0.39 is 6.04 Å². The summed E-state index contributed by atoms with van der Waals surface area (Å²) >= 11 is 7.67. The Hall–Kier alpha value is -1.98. The molecule has 0 aromatic heterocycles. The molecule has 0 bridgehead atoms. The lowest BCUT2D eigenvalue weighted by Gasteiger charge is -2.31. The fourth-order valence-corrected chi connectivity index (χ4v) is 4.00. The lowest BCUT2D eigenvalue weighted by molar-refractivity contribution is -0.139. The standard InChI is InChI=1S/C24H31ClN2O2S/c1-17-9-11-19(12-10-17)15-30-16-22(28)27(14-20-7-6-8-21(25)13-20)18(2)23(29)26-24(3,4)5/h6-13,18H,14-16H2,1-5H3,(H,26,29). The van der Waals surface area contributed by atoms with Crippen LogP contribution in [-0.2, 0) is 21.9 Å². The van der Waals surface area contributed by atoms with Gasteiger partial charge in [0.25, 0.3) is 0 Å². The molecule has 30 heavy (non-hydrogen) atoms. The first-order valence-corrected chi connectivity index (χ1v) is 11.6. The van der Waals surface area contributed by atoms with Crippen LogP contribution in [0.15, 0.2) is 48.5 Å². The topological polar surface area (TPSA) is 49.4 Å². The third kappa shape index (κ3) is 8.04. The van der Waals surface area contributed by atoms with Crippen LogP contribution in [0.3, 0.4) is 0 Å². The minimum atomic E-state index is -0.587. The second-order valence-corrected chi connectivity index (χ2v) is 9.97. The second-order valence-electron chi connectivity index (χ2n) is 8.55. The van der Waals surface area contributed by atoms with Crippen LogP contribution in [0, 0.1) is 6.92 Å². The van der Waals surface area contributed by atoms with Crippen LogP contribution in [0.2, 0.25) is 5.02 Å². The van der Waals surface area contributed by atoms with Crippen LogP contribution in [-0.4, -0.2) is 34.0 Å². The van der Waals surface area contributed by atoms with Crippen LogP contribution in [0.25, 0.3) is 0 Å². The van der Waals surface area contributed by atoms with Gasteiger partial charge in [-0.2, -0.15) is 0 Å². The number of carbonyl (C=O) groups excluding carboxylic acids is 2. The SMILES string of the molecule is Cc1ccc(CSCC(=O)N(Cc2cccc(Cl)c2)C(C)C(=O)NC(C)(C)C)cc1. The second kappa shape index (κ2) is 10.9. The highest BCUT2D eigenvalue weighted by molar-refractivity contribution is 7.99. The molecular weight excluding hydrogens is 416 g/mol. The lowest BCUT2D eigenvalue weighted by Crippen LogP contribution is -2.52. The predicted molar refractivity (Wildman–Crippen MR) is 127 cm³/mol. The van der Waals surface area contributed by atoms with Gasteiger partial charge in [0.1, 0.15) is 6.04 Å². The highest BCUT2D eigenvalue weighted by Gasteiger charge is 2.28. The Bertz CT molecular complexity index is 862. The maximum absolute atomic E-state index is 13.1. The van der Waals surface area contributed by atoms with Crippen LogP contribution >= 0.6 is 23.4 Å². The Kier molecular flexibility index (Phi) is 8.80. The summed E-state index contributed by atoms with van der Waals surface area (Å²) in [6.45, 7) is 9.95. The number of aryl methyl sites for hydroxylation is 1. The van der Waals surface area contributed by atoms with E-state index >= 15 is 0 Å². The zero-order valence-corrected chi connectivity index (χ0v) is 19.9. The van der Waals surface area contributed by atoms with Gasteiger partial charge in [-0.05, 0) is 57.9 Å². The first kappa shape index (κ1) is 24.3. The third-order valence-corrected chi connectivity index (χ3v) is 5.75. The lowest BCUT2D eigenvalue weighted by atomic mass is 10.1. The molecule has 2 rings (SSSR count). The van der Waals surface area contributed by atoms with Crippen LogP contribution in [0.5, 0.6) is 0 Å². The normalized spacial score (nSPS) is 12.3. The van der Waals surface area contributed by atoms with E-state index in [0.717, 1.165) is 11.3 Å². The summed E-state index contributed by atoms with van der Waals surface area (Å²) in [5.41, 5.74) is 2.93. The fourth-order valence-electron chi connectivity index (χ4n) is 2.91. The molecule has 0 heterocycles. The third-order valence-electron chi connectivity index (χ3n) is 4.52. The Morgan fingerprint density at radius 2 is 1.77 bits per heavy atom. The molecule has 0 saturated carbocycles. The van der Waals surface area contributed by atoms with Crippen molar-refractivity contribution in [1.82, 2.24) is 10.2 Å². The van der Waals surface area contributed by atoms with E-state index in [1.807, 2.05) is 39.0 Å². The number of carbonyl (C=O) groups is 2. The van der Waals surface area contributed by atoms with Crippen LogP contribution in [0.1, 0.15) is 44.4 Å². The van der Waals surface area contributed by atoms with Gasteiger partial charge in [0.05, 0.1) is 5.75 Å². The van der Waals surface area contributed by atoms with Crippen molar-refractivity contribution in [2.24, 2.45) is 0 Å². The molecule has 2 amide bonds. The van der Waals surface area contributed by atoms with Gasteiger partial charge < -0.3 is 10.2 Å². The van der Waals surface area contributed by atoms with Gasteiger partial charge >= 0.3 is 0 Å². The highest BCUT2D eigenvalue weighted by atomic mass is 35.5. The number of thioether (sulfide) groups is 1. The van der Waals surface area contributed by atoms with Crippen molar-refractivity contribution in [2.75, 3.05) is 5.75 Å². The van der Waals surface area contributed by atoms with Crippen molar-refractivity contribution >= 4 is 35.2 Å². The van der Waals surface area contributed by atoms with E-state index in [4.69, 9.17) is 11.6 Å². The zero-order chi connectivity index (χ0) is 22.3. The van der Waals surface area contributed by atoms with E-state index in [1.54, 1.807) is 29.7 Å². The minimum Gasteiger partial charge on any atom is -0.350 e. The van der Waals surface area contributed by atoms with Gasteiger partial charge in [0.2, 0.25) is 11.8 Å². The van der Waals surface area contributed by atoms with Gasteiger partial charge in [-0.1, -0.05) is 53.6 Å². The average Bonchev–Trinajstić information content (AvgIpc) is 2.65. The summed E-state index contributed by atoms with van der Waals surface area (Å²) < 4.78 is 0. The monoisotopic (exact) mass is 446 g/mol. The van der Waals surface area contributed by atoms with Crippen molar-refractivity contribution < 1.29 is 9.59 Å². The van der Waals surface area contributed by atoms with Crippen LogP contribution < -0.4 is 5.32 Å². The number of nitrogens with one attached hydrogen (secondary N) is 1. The molecule has 0 saturated heterocycles. The van der Waals surface area contributed by atoms with Gasteiger partial charge in [0, 0.05) is 22.9 Å². The van der Waals surface area contributed by atoms with E-state index in [9.17, 15) is 9.59 Å². The summed E-state index contributed by atoms with van der Waals surface area (Å²) in [5.74, 6) is 0.825. The number of amides is 2. The molecule has 0 aliphatic rings. The molecule has 1 N–H and O–H groups in total. The summed E-state index contributed by atoms with van der Waals surface area (Å²) in [7, 11) is 0. The van der Waals surface area contributed by atoms with Gasteiger partial charge in [-0.3, -0.25) is 9.59 Å². The Balaban J connectivity index is 2.09. The molecule has 2 aromatic rings. The predicted octanol–water partition coefficient (Wildman–Crippen LogP) is 5.21. The smallest absolute Gasteiger partial charge is 0.242 e. The molecule has 0 radical (unpaired) electrons. The maximum Gasteiger partial charge on any atom is 0.242 e. The summed E-state index contributed by atoms with van der Waals surface area (Å²) in [6, 6.07) is 15.1. The van der Waals surface area contributed by atoms with Crippen LogP contribution in [0.4, 0.5) is 0 Å². The van der Waals surface area contributed by atoms with Gasteiger partial charge in [-0.15, -0.1) is 11.8 Å². The van der Waals surface area contributed by atoms with Gasteiger partial charge in [0.15, 0.2) is 0 Å². The number of benzene rings is 2. The van der Waals surface area contributed by atoms with Crippen molar-refractivity contribution in [1.29, 1.82) is 0 Å². The molecule has 0 aliphatic heterocycles. The molecule has 1 atom stereocenters. The molecule has 4 nitrogen and oxygen atoms in total. The largest absolute Gasteiger partial charge is 0.350 e. The molecular formula is C24H31ClN2O2S. The zero-order valence-electron chi connectivity index (χ0n) is 18.4. The van der Waals surface area contributed by atoms with E-state index in [-0.39, 0.29) is 17.4 Å². The van der Waals surface area contributed by atoms with Crippen molar-refractivity contribution in [2.45, 2.75) is 58.5 Å². The molecule has 2 aromatic carbocycles. The minimum absolute atomic E-state index is 0.0661. The Morgan fingerprint density at radius 1 is 1.10 bits per heavy atom. The van der Waals surface area contributed by atoms with Crippen molar-refractivity contribution in [3.8, 4) is 0 Å². The number of hydrogen-bond donors (Lipinski definition) is 1. The number of rotatable bonds is 8. The van der Waals surface area contributed by atoms with E-state index in [1.165, 1.54) is 11.1 Å². The Labute approximate surface area is 189 Å². The molecule has 0 fully saturated rings. The Morgan fingerprint density at radius 3 is 2.37 bits per heavy atom. The number of hydrogen-bond acceptors (Lipinski definition) is 3. The molecule has 0 aliphatic carbocycles. The maximum atomic E-state index is 13.1. The number of halogens is 1. The number of nitrogens with zero attached hydrogens (tertiary/aromatic N) is 1. The molecule has 0 spiro atoms. The van der Waals surface area contributed by atoms with E-state index in [2.05, 4.69) is 36.5 Å². The summed E-state index contributed by atoms with van der Waals surface area (Å²) in [4.78, 5) is 27.5. The fraction of sp³-hybridized carbons (Fsp3) is 0.417.